The lowest BCUT2D eigenvalue weighted by molar-refractivity contribution is -0.274. The van der Waals surface area contributed by atoms with Gasteiger partial charge in [0.2, 0.25) is 0 Å². The minimum atomic E-state index is -4.77. The molecule has 1 atom stereocenters. The molecule has 2 aliphatic heterocycles. The largest absolute Gasteiger partial charge is 0.573 e. The molecule has 1 fully saturated rings. The zero-order valence-electron chi connectivity index (χ0n) is 22.1. The van der Waals surface area contributed by atoms with Crippen LogP contribution >= 0.6 is 0 Å². The van der Waals surface area contributed by atoms with Crippen LogP contribution in [0.5, 0.6) is 5.75 Å². The minimum Gasteiger partial charge on any atom is -0.406 e. The number of hydrogen-bond donors (Lipinski definition) is 1. The summed E-state index contributed by atoms with van der Waals surface area (Å²) in [5, 5.41) is 0. The van der Waals surface area contributed by atoms with Gasteiger partial charge in [0.1, 0.15) is 17.4 Å². The molecular formula is C29H31F3N6O2. The van der Waals surface area contributed by atoms with Gasteiger partial charge in [0.15, 0.2) is 0 Å². The monoisotopic (exact) mass is 552 g/mol. The van der Waals surface area contributed by atoms with Crippen LogP contribution in [0.1, 0.15) is 35.2 Å². The van der Waals surface area contributed by atoms with Crippen molar-refractivity contribution in [3.8, 4) is 17.1 Å². The molecular weight excluding hydrogens is 521 g/mol. The molecule has 11 heteroatoms. The maximum atomic E-state index is 13.0. The zero-order valence-corrected chi connectivity index (χ0v) is 22.1. The molecule has 40 heavy (non-hydrogen) atoms. The second-order valence-electron chi connectivity index (χ2n) is 9.97. The summed E-state index contributed by atoms with van der Waals surface area (Å²) in [5.74, 6) is 1.14. The minimum absolute atomic E-state index is 0.195. The number of anilines is 1. The lowest BCUT2D eigenvalue weighted by atomic mass is 9.98. The number of rotatable bonds is 7. The Hall–Kier alpha value is -4.28. The van der Waals surface area contributed by atoms with Gasteiger partial charge in [-0.2, -0.15) is 0 Å². The van der Waals surface area contributed by atoms with Crippen LogP contribution in [0.15, 0.2) is 74.0 Å². The fraction of sp³-hybridized carbons (Fsp3) is 0.345. The van der Waals surface area contributed by atoms with Crippen molar-refractivity contribution in [2.24, 2.45) is 0 Å². The number of carbonyl (C=O) groups is 1. The van der Waals surface area contributed by atoms with Gasteiger partial charge in [0, 0.05) is 67.8 Å². The average molecular weight is 553 g/mol. The maximum Gasteiger partial charge on any atom is 0.573 e. The number of piperidine rings is 1. The van der Waals surface area contributed by atoms with Crippen LogP contribution < -0.4 is 9.64 Å². The number of ether oxygens (including phenoxy) is 1. The van der Waals surface area contributed by atoms with Crippen molar-refractivity contribution in [1.29, 1.82) is 0 Å². The predicted octanol–water partition coefficient (Wildman–Crippen LogP) is 5.52. The molecule has 0 aliphatic carbocycles. The van der Waals surface area contributed by atoms with E-state index in [9.17, 15) is 18.0 Å². The van der Waals surface area contributed by atoms with E-state index in [-0.39, 0.29) is 23.7 Å². The molecule has 1 saturated heterocycles. The molecule has 3 aromatic rings. The lowest BCUT2D eigenvalue weighted by Crippen LogP contribution is -2.52. The Bertz CT molecular complexity index is 1350. The molecule has 1 aromatic carbocycles. The topological polar surface area (TPSA) is 77.6 Å². The van der Waals surface area contributed by atoms with Crippen LogP contribution in [-0.4, -0.2) is 68.7 Å². The highest BCUT2D eigenvalue weighted by atomic mass is 19.4. The van der Waals surface area contributed by atoms with Crippen LogP contribution in [0.25, 0.3) is 11.4 Å². The fourth-order valence-corrected chi connectivity index (χ4v) is 5.40. The van der Waals surface area contributed by atoms with Crippen molar-refractivity contribution >= 4 is 11.7 Å². The third kappa shape index (κ3) is 6.13. The van der Waals surface area contributed by atoms with E-state index >= 15 is 0 Å². The average Bonchev–Trinajstić information content (AvgIpc) is 3.48. The van der Waals surface area contributed by atoms with Gasteiger partial charge < -0.3 is 24.4 Å². The molecule has 0 spiro atoms. The van der Waals surface area contributed by atoms with Gasteiger partial charge in [0.05, 0.1) is 6.04 Å². The molecule has 210 valence electrons. The van der Waals surface area contributed by atoms with Gasteiger partial charge in [-0.3, -0.25) is 4.79 Å². The highest BCUT2D eigenvalue weighted by Crippen LogP contribution is 2.30. The van der Waals surface area contributed by atoms with Gasteiger partial charge in [-0.15, -0.1) is 19.8 Å². The van der Waals surface area contributed by atoms with Gasteiger partial charge in [-0.25, -0.2) is 9.97 Å². The Kier molecular flexibility index (Phi) is 7.81. The first kappa shape index (κ1) is 27.3. The van der Waals surface area contributed by atoms with Gasteiger partial charge >= 0.3 is 6.36 Å². The van der Waals surface area contributed by atoms with Crippen LogP contribution in [0.4, 0.5) is 19.0 Å². The Balaban J connectivity index is 1.22. The molecule has 1 amide bonds. The van der Waals surface area contributed by atoms with Gasteiger partial charge in [-0.05, 0) is 62.1 Å². The molecule has 2 aliphatic rings. The van der Waals surface area contributed by atoms with Crippen LogP contribution in [-0.2, 0) is 0 Å². The Morgan fingerprint density at radius 3 is 2.55 bits per heavy atom. The number of amides is 1. The number of aromatic amines is 1. The summed E-state index contributed by atoms with van der Waals surface area (Å²) in [4.78, 5) is 31.4. The normalized spacial score (nSPS) is 18.2. The smallest absolute Gasteiger partial charge is 0.406 e. The number of pyridine rings is 1. The van der Waals surface area contributed by atoms with E-state index in [0.717, 1.165) is 48.6 Å². The first-order valence-corrected chi connectivity index (χ1v) is 13.2. The summed E-state index contributed by atoms with van der Waals surface area (Å²) in [6, 6.07) is 7.60. The Morgan fingerprint density at radius 2 is 1.93 bits per heavy atom. The third-order valence-corrected chi connectivity index (χ3v) is 7.29. The summed E-state index contributed by atoms with van der Waals surface area (Å²) in [5.41, 5.74) is 2.32. The predicted molar refractivity (Wildman–Crippen MR) is 146 cm³/mol. The molecule has 2 aromatic heterocycles. The van der Waals surface area contributed by atoms with Crippen LogP contribution in [0.2, 0.25) is 0 Å². The van der Waals surface area contributed by atoms with E-state index in [1.54, 1.807) is 17.3 Å². The van der Waals surface area contributed by atoms with Crippen LogP contribution in [0.3, 0.4) is 0 Å². The maximum absolute atomic E-state index is 13.0. The molecule has 5 rings (SSSR count). The van der Waals surface area contributed by atoms with E-state index in [4.69, 9.17) is 4.98 Å². The Morgan fingerprint density at radius 1 is 1.18 bits per heavy atom. The molecule has 0 radical (unpaired) electrons. The van der Waals surface area contributed by atoms with Gasteiger partial charge in [-0.1, -0.05) is 6.08 Å². The number of carbonyl (C=O) groups excluding carboxylic acids is 1. The second-order valence-corrected chi connectivity index (χ2v) is 9.97. The van der Waals surface area contributed by atoms with E-state index in [0.29, 0.717) is 18.7 Å². The first-order valence-electron chi connectivity index (χ1n) is 13.2. The van der Waals surface area contributed by atoms with E-state index in [1.807, 2.05) is 19.2 Å². The van der Waals surface area contributed by atoms with E-state index in [2.05, 4.69) is 49.5 Å². The van der Waals surface area contributed by atoms with E-state index < -0.39 is 6.36 Å². The standard InChI is InChI=1S/C29H31F3N6O2/c1-3-4-24-19-37(27-20(2)17-22(18-35-27)26-33-11-12-34-26)15-16-38(24)23-9-13-36(14-10-23)28(39)21-5-7-25(8-6-21)40-29(30,31)32/h3,5-8,11-12,15-18,23-24H,1,4,9-10,13-14,19H2,2H3,(H,33,34)/t24-/m0/s1. The molecule has 1 N–H and O–H groups in total. The SMILES string of the molecule is C=CC[C@H]1CN(c2ncc(-c3ncc[nH]3)cc2C)C=CN1C1CCN(C(=O)c2ccc(OC(F)(F)F)cc2)CC1. The second kappa shape index (κ2) is 11.4. The van der Waals surface area contributed by atoms with Crippen molar-refractivity contribution in [2.45, 2.75) is 44.6 Å². The number of aromatic nitrogens is 3. The van der Waals surface area contributed by atoms with Crippen molar-refractivity contribution in [2.75, 3.05) is 24.5 Å². The highest BCUT2D eigenvalue weighted by Gasteiger charge is 2.33. The van der Waals surface area contributed by atoms with Gasteiger partial charge in [0.25, 0.3) is 5.91 Å². The molecule has 0 saturated carbocycles. The number of benzene rings is 1. The number of nitrogens with zero attached hydrogens (tertiary/aromatic N) is 5. The summed E-state index contributed by atoms with van der Waals surface area (Å²) < 4.78 is 41.2. The number of imidazole rings is 1. The lowest BCUT2D eigenvalue weighted by Gasteiger charge is -2.45. The number of alkyl halides is 3. The number of aryl methyl sites for hydroxylation is 1. The number of hydrogen-bond acceptors (Lipinski definition) is 6. The highest BCUT2D eigenvalue weighted by molar-refractivity contribution is 5.94. The number of halogens is 3. The molecule has 0 bridgehead atoms. The fourth-order valence-electron chi connectivity index (χ4n) is 5.40. The molecule has 4 heterocycles. The first-order chi connectivity index (χ1) is 19.2. The van der Waals surface area contributed by atoms with Crippen molar-refractivity contribution in [1.82, 2.24) is 24.8 Å². The summed E-state index contributed by atoms with van der Waals surface area (Å²) in [7, 11) is 0. The van der Waals surface area contributed by atoms with Crippen LogP contribution in [0, 0.1) is 6.92 Å². The quantitative estimate of drug-likeness (QED) is 0.389. The number of nitrogens with one attached hydrogen (secondary N) is 1. The van der Waals surface area contributed by atoms with Crippen molar-refractivity contribution in [3.05, 3.63) is 85.1 Å². The summed E-state index contributed by atoms with van der Waals surface area (Å²) >= 11 is 0. The summed E-state index contributed by atoms with van der Waals surface area (Å²) in [6.45, 7) is 7.89. The molecule has 0 unspecified atom stereocenters. The number of likely N-dealkylation sites (tertiary alicyclic amines) is 1. The van der Waals surface area contributed by atoms with E-state index in [1.165, 1.54) is 24.3 Å². The Labute approximate surface area is 230 Å². The third-order valence-electron chi connectivity index (χ3n) is 7.29. The van der Waals surface area contributed by atoms with Crippen molar-refractivity contribution < 1.29 is 22.7 Å². The summed E-state index contributed by atoms with van der Waals surface area (Å²) in [6.07, 6.45) is 9.04. The number of H-pyrrole nitrogens is 1. The van der Waals surface area contributed by atoms with Crippen molar-refractivity contribution in [3.63, 3.8) is 0 Å². The zero-order chi connectivity index (χ0) is 28.3. The molecule has 8 nitrogen and oxygen atoms in total.